The van der Waals surface area contributed by atoms with E-state index in [1.54, 1.807) is 6.20 Å². The van der Waals surface area contributed by atoms with E-state index in [4.69, 9.17) is 11.2 Å². The first kappa shape index (κ1) is 16.2. The van der Waals surface area contributed by atoms with E-state index in [9.17, 15) is 4.79 Å². The Hall–Kier alpha value is -2.19. The van der Waals surface area contributed by atoms with E-state index in [0.717, 1.165) is 16.5 Å². The second-order valence-corrected chi connectivity index (χ2v) is 5.66. The van der Waals surface area contributed by atoms with Gasteiger partial charge < -0.3 is 10.1 Å². The molecule has 1 aromatic heterocycles. The van der Waals surface area contributed by atoms with Crippen molar-refractivity contribution in [2.24, 2.45) is 0 Å². The number of aromatic nitrogens is 1. The number of likely N-dealkylation sites (N-methyl/N-ethyl adjacent to an activating group) is 1. The molecule has 1 atom stereocenters. The topological polar surface area (TPSA) is 51.2 Å². The first-order valence-electron chi connectivity index (χ1n) is 6.93. The highest BCUT2D eigenvalue weighted by Gasteiger charge is 2.18. The summed E-state index contributed by atoms with van der Waals surface area (Å²) in [5.41, 5.74) is 1.99. The number of hydrogen-bond donors (Lipinski definition) is 1. The number of amides is 1. The Morgan fingerprint density at radius 1 is 1.50 bits per heavy atom. The van der Waals surface area contributed by atoms with Gasteiger partial charge in [-0.05, 0) is 43.9 Å². The molecule has 0 bridgehead atoms. The van der Waals surface area contributed by atoms with Crippen molar-refractivity contribution in [1.29, 1.82) is 0 Å². The quantitative estimate of drug-likeness (QED) is 0.681. The van der Waals surface area contributed by atoms with Gasteiger partial charge in [-0.15, -0.1) is 18.2 Å². The molecular weight excluding hydrogens is 296 g/mol. The molecule has 1 heterocycles. The Bertz CT molecular complexity index is 737. The minimum atomic E-state index is -0.583. The van der Waals surface area contributed by atoms with Crippen LogP contribution in [0.15, 0.2) is 24.4 Å². The molecule has 0 fully saturated rings. The van der Waals surface area contributed by atoms with Crippen molar-refractivity contribution in [3.05, 3.63) is 35.5 Å². The van der Waals surface area contributed by atoms with Gasteiger partial charge >= 0.3 is 0 Å². The SMILES string of the molecule is C#Cc1cnc2c(C)cc(OC(SC)C(=O)NCC)cc2c1. The van der Waals surface area contributed by atoms with Gasteiger partial charge in [-0.3, -0.25) is 9.78 Å². The van der Waals surface area contributed by atoms with Gasteiger partial charge in [0, 0.05) is 23.7 Å². The van der Waals surface area contributed by atoms with Crippen LogP contribution in [0.4, 0.5) is 0 Å². The molecule has 22 heavy (non-hydrogen) atoms. The maximum atomic E-state index is 11.9. The molecule has 4 nitrogen and oxygen atoms in total. The Morgan fingerprint density at radius 2 is 2.27 bits per heavy atom. The Kier molecular flexibility index (Phi) is 5.29. The van der Waals surface area contributed by atoms with E-state index >= 15 is 0 Å². The van der Waals surface area contributed by atoms with Gasteiger partial charge in [-0.1, -0.05) is 5.92 Å². The largest absolute Gasteiger partial charge is 0.470 e. The lowest BCUT2D eigenvalue weighted by atomic mass is 10.1. The highest BCUT2D eigenvalue weighted by molar-refractivity contribution is 7.99. The van der Waals surface area contributed by atoms with E-state index in [1.165, 1.54) is 11.8 Å². The molecule has 2 aromatic rings. The summed E-state index contributed by atoms with van der Waals surface area (Å²) in [7, 11) is 0. The van der Waals surface area contributed by atoms with E-state index in [0.29, 0.717) is 17.9 Å². The summed E-state index contributed by atoms with van der Waals surface area (Å²) < 4.78 is 5.81. The molecule has 5 heteroatoms. The first-order chi connectivity index (χ1) is 10.6. The smallest absolute Gasteiger partial charge is 0.271 e. The molecule has 0 aliphatic carbocycles. The summed E-state index contributed by atoms with van der Waals surface area (Å²) in [5, 5.41) is 3.67. The van der Waals surface area contributed by atoms with Crippen molar-refractivity contribution in [1.82, 2.24) is 10.3 Å². The lowest BCUT2D eigenvalue weighted by Gasteiger charge is -2.17. The fourth-order valence-corrected chi connectivity index (χ4v) is 2.64. The van der Waals surface area contributed by atoms with Crippen LogP contribution in [0.25, 0.3) is 10.9 Å². The van der Waals surface area contributed by atoms with Crippen LogP contribution in [0.2, 0.25) is 0 Å². The zero-order chi connectivity index (χ0) is 16.1. The second-order valence-electron chi connectivity index (χ2n) is 4.76. The van der Waals surface area contributed by atoms with Gasteiger partial charge in [0.25, 0.3) is 5.91 Å². The number of carbonyl (C=O) groups excluding carboxylic acids is 1. The number of thioether (sulfide) groups is 1. The van der Waals surface area contributed by atoms with E-state index < -0.39 is 5.44 Å². The summed E-state index contributed by atoms with van der Waals surface area (Å²) in [4.78, 5) is 16.3. The molecule has 0 saturated heterocycles. The second kappa shape index (κ2) is 7.19. The number of carbonyl (C=O) groups is 1. The van der Waals surface area contributed by atoms with Crippen LogP contribution in [0, 0.1) is 19.3 Å². The van der Waals surface area contributed by atoms with Crippen LogP contribution in [0.3, 0.4) is 0 Å². The van der Waals surface area contributed by atoms with Crippen LogP contribution < -0.4 is 10.1 Å². The van der Waals surface area contributed by atoms with Gasteiger partial charge in [-0.2, -0.15) is 0 Å². The highest BCUT2D eigenvalue weighted by Crippen LogP contribution is 2.26. The minimum absolute atomic E-state index is 0.136. The maximum absolute atomic E-state index is 11.9. The summed E-state index contributed by atoms with van der Waals surface area (Å²) in [5.74, 6) is 3.07. The molecule has 1 unspecified atom stereocenters. The molecule has 0 saturated carbocycles. The molecule has 1 aromatic carbocycles. The summed E-state index contributed by atoms with van der Waals surface area (Å²) in [6.07, 6.45) is 8.93. The number of rotatable bonds is 5. The van der Waals surface area contributed by atoms with Crippen LogP contribution in [-0.4, -0.2) is 29.1 Å². The highest BCUT2D eigenvalue weighted by atomic mass is 32.2. The Morgan fingerprint density at radius 3 is 2.91 bits per heavy atom. The number of fused-ring (bicyclic) bond motifs is 1. The molecule has 1 amide bonds. The van der Waals surface area contributed by atoms with Crippen LogP contribution >= 0.6 is 11.8 Å². The number of pyridine rings is 1. The lowest BCUT2D eigenvalue weighted by Crippen LogP contribution is -2.35. The monoisotopic (exact) mass is 314 g/mol. The third kappa shape index (κ3) is 3.52. The molecular formula is C17H18N2O2S. The van der Waals surface area contributed by atoms with Crippen LogP contribution in [-0.2, 0) is 4.79 Å². The fraction of sp³-hybridized carbons (Fsp3) is 0.294. The Labute approximate surface area is 134 Å². The molecule has 0 aliphatic heterocycles. The van der Waals surface area contributed by atoms with Gasteiger partial charge in [0.05, 0.1) is 5.52 Å². The molecule has 114 valence electrons. The van der Waals surface area contributed by atoms with Crippen molar-refractivity contribution in [2.45, 2.75) is 19.3 Å². The van der Waals surface area contributed by atoms with E-state index in [-0.39, 0.29) is 5.91 Å². The Balaban J connectivity index is 2.35. The molecule has 2 rings (SSSR count). The fourth-order valence-electron chi connectivity index (χ4n) is 2.13. The van der Waals surface area contributed by atoms with Crippen LogP contribution in [0.1, 0.15) is 18.1 Å². The minimum Gasteiger partial charge on any atom is -0.470 e. The summed E-state index contributed by atoms with van der Waals surface area (Å²) in [6.45, 7) is 4.41. The third-order valence-corrected chi connectivity index (χ3v) is 3.87. The average molecular weight is 314 g/mol. The third-order valence-electron chi connectivity index (χ3n) is 3.14. The molecule has 1 N–H and O–H groups in total. The number of hydrogen-bond acceptors (Lipinski definition) is 4. The van der Waals surface area contributed by atoms with Gasteiger partial charge in [0.15, 0.2) is 0 Å². The maximum Gasteiger partial charge on any atom is 0.271 e. The van der Waals surface area contributed by atoms with Crippen molar-refractivity contribution in [2.75, 3.05) is 12.8 Å². The molecule has 0 spiro atoms. The van der Waals surface area contributed by atoms with Crippen molar-refractivity contribution < 1.29 is 9.53 Å². The number of terminal acetylenes is 1. The lowest BCUT2D eigenvalue weighted by molar-refractivity contribution is -0.124. The average Bonchev–Trinajstić information content (AvgIpc) is 2.52. The standard InChI is InChI=1S/C17H18N2O2S/c1-5-12-8-13-9-14(7-11(3)15(13)19-10-12)21-17(22-4)16(20)18-6-2/h1,7-10,17H,6H2,2-4H3,(H,18,20). The summed E-state index contributed by atoms with van der Waals surface area (Å²) in [6, 6.07) is 5.63. The van der Waals surface area contributed by atoms with Crippen molar-refractivity contribution in [3.63, 3.8) is 0 Å². The number of ether oxygens (including phenoxy) is 1. The van der Waals surface area contributed by atoms with Crippen LogP contribution in [0.5, 0.6) is 5.75 Å². The molecule has 0 aliphatic rings. The predicted octanol–water partition coefficient (Wildman–Crippen LogP) is 2.73. The van der Waals surface area contributed by atoms with Gasteiger partial charge in [0.2, 0.25) is 5.44 Å². The number of nitrogens with zero attached hydrogens (tertiary/aromatic N) is 1. The van der Waals surface area contributed by atoms with Gasteiger partial charge in [0.1, 0.15) is 5.75 Å². The predicted molar refractivity (Wildman–Crippen MR) is 91.0 cm³/mol. The van der Waals surface area contributed by atoms with Crippen molar-refractivity contribution >= 4 is 28.6 Å². The zero-order valence-corrected chi connectivity index (χ0v) is 13.7. The molecule has 0 radical (unpaired) electrons. The van der Waals surface area contributed by atoms with E-state index in [1.807, 2.05) is 38.3 Å². The number of aryl methyl sites for hydroxylation is 1. The van der Waals surface area contributed by atoms with Crippen molar-refractivity contribution in [3.8, 4) is 18.1 Å². The zero-order valence-electron chi connectivity index (χ0n) is 12.8. The van der Waals surface area contributed by atoms with E-state index in [2.05, 4.69) is 16.2 Å². The normalized spacial score (nSPS) is 11.7. The van der Waals surface area contributed by atoms with Gasteiger partial charge in [-0.25, -0.2) is 0 Å². The summed E-state index contributed by atoms with van der Waals surface area (Å²) >= 11 is 1.35. The number of benzene rings is 1. The number of nitrogens with one attached hydrogen (secondary N) is 1. The first-order valence-corrected chi connectivity index (χ1v) is 8.22.